The highest BCUT2D eigenvalue weighted by atomic mass is 16.2. The van der Waals surface area contributed by atoms with Gasteiger partial charge in [-0.25, -0.2) is 9.67 Å². The van der Waals surface area contributed by atoms with Crippen molar-refractivity contribution in [2.45, 2.75) is 45.7 Å². The Morgan fingerprint density at radius 2 is 1.89 bits per heavy atom. The van der Waals surface area contributed by atoms with Crippen molar-refractivity contribution < 1.29 is 9.59 Å². The average molecular weight is 377 g/mol. The van der Waals surface area contributed by atoms with E-state index < -0.39 is 0 Å². The SMILES string of the molecule is Cc1nc2c(cnn2C(C)C)cc1C(=O)Nc1ccccc1C(=O)NC1CC1. The monoisotopic (exact) mass is 377 g/mol. The van der Waals surface area contributed by atoms with Crippen LogP contribution in [0.4, 0.5) is 5.69 Å². The number of aromatic nitrogens is 3. The molecule has 2 N–H and O–H groups in total. The van der Waals surface area contributed by atoms with Crippen LogP contribution < -0.4 is 10.6 Å². The van der Waals surface area contributed by atoms with E-state index >= 15 is 0 Å². The summed E-state index contributed by atoms with van der Waals surface area (Å²) in [4.78, 5) is 30.0. The minimum atomic E-state index is -0.295. The van der Waals surface area contributed by atoms with Crippen LogP contribution in [0, 0.1) is 6.92 Å². The van der Waals surface area contributed by atoms with Crippen LogP contribution in [0.15, 0.2) is 36.5 Å². The molecule has 2 heterocycles. The number of rotatable bonds is 5. The van der Waals surface area contributed by atoms with Gasteiger partial charge in [-0.1, -0.05) is 12.1 Å². The van der Waals surface area contributed by atoms with Crippen molar-refractivity contribution in [3.63, 3.8) is 0 Å². The lowest BCUT2D eigenvalue weighted by Gasteiger charge is -2.12. The van der Waals surface area contributed by atoms with Gasteiger partial charge in [0.2, 0.25) is 0 Å². The van der Waals surface area contributed by atoms with Crippen LogP contribution in [0.5, 0.6) is 0 Å². The number of benzene rings is 1. The Balaban J connectivity index is 1.62. The molecule has 1 fully saturated rings. The summed E-state index contributed by atoms with van der Waals surface area (Å²) in [6.07, 6.45) is 3.74. The van der Waals surface area contributed by atoms with E-state index in [1.807, 2.05) is 18.5 Å². The summed E-state index contributed by atoms with van der Waals surface area (Å²) in [5.74, 6) is -0.460. The van der Waals surface area contributed by atoms with Crippen molar-refractivity contribution in [1.29, 1.82) is 0 Å². The van der Waals surface area contributed by atoms with Crippen LogP contribution >= 0.6 is 0 Å². The van der Waals surface area contributed by atoms with Gasteiger partial charge in [-0.3, -0.25) is 9.59 Å². The lowest BCUT2D eigenvalue weighted by molar-refractivity contribution is 0.0952. The number of amides is 2. The molecular formula is C21H23N5O2. The van der Waals surface area contributed by atoms with Gasteiger partial charge in [0.1, 0.15) is 0 Å². The number of nitrogens with one attached hydrogen (secondary N) is 2. The Bertz CT molecular complexity index is 1070. The fraction of sp³-hybridized carbons (Fsp3) is 0.333. The minimum absolute atomic E-state index is 0.165. The molecule has 0 unspecified atom stereocenters. The number of para-hydroxylation sites is 1. The maximum atomic E-state index is 12.9. The van der Waals surface area contributed by atoms with Gasteiger partial charge >= 0.3 is 0 Å². The Morgan fingerprint density at radius 1 is 1.14 bits per heavy atom. The van der Waals surface area contributed by atoms with E-state index in [0.717, 1.165) is 23.9 Å². The molecule has 7 heteroatoms. The third-order valence-electron chi connectivity index (χ3n) is 4.83. The van der Waals surface area contributed by atoms with E-state index in [2.05, 4.69) is 20.7 Å². The molecule has 2 aromatic heterocycles. The van der Waals surface area contributed by atoms with E-state index in [1.54, 1.807) is 43.5 Å². The van der Waals surface area contributed by atoms with Gasteiger partial charge < -0.3 is 10.6 Å². The predicted octanol–water partition coefficient (Wildman–Crippen LogP) is 3.47. The highest BCUT2D eigenvalue weighted by molar-refractivity contribution is 6.10. The molecule has 28 heavy (non-hydrogen) atoms. The number of hydrogen-bond acceptors (Lipinski definition) is 4. The predicted molar refractivity (Wildman–Crippen MR) is 108 cm³/mol. The summed E-state index contributed by atoms with van der Waals surface area (Å²) in [7, 11) is 0. The summed E-state index contributed by atoms with van der Waals surface area (Å²) in [6.45, 7) is 5.87. The number of carbonyl (C=O) groups excluding carboxylic acids is 2. The Labute approximate surface area is 163 Å². The summed E-state index contributed by atoms with van der Waals surface area (Å²) < 4.78 is 1.83. The van der Waals surface area contributed by atoms with Crippen molar-refractivity contribution in [2.75, 3.05) is 5.32 Å². The molecule has 0 saturated heterocycles. The van der Waals surface area contributed by atoms with E-state index in [-0.39, 0.29) is 23.9 Å². The summed E-state index contributed by atoms with van der Waals surface area (Å²) in [5.41, 5.74) is 2.79. The fourth-order valence-electron chi connectivity index (χ4n) is 3.14. The lowest BCUT2D eigenvalue weighted by atomic mass is 10.1. The molecule has 1 aliphatic rings. The standard InChI is InChI=1S/C21H23N5O2/c1-12(2)26-19-14(11-22-26)10-17(13(3)23-19)21(28)25-18-7-5-4-6-16(18)20(27)24-15-8-9-15/h4-7,10-12,15H,8-9H2,1-3H3,(H,24,27)(H,25,28). The molecule has 0 aliphatic heterocycles. The van der Waals surface area contributed by atoms with Gasteiger partial charge in [0.05, 0.1) is 28.7 Å². The van der Waals surface area contributed by atoms with Gasteiger partial charge in [0.15, 0.2) is 5.65 Å². The van der Waals surface area contributed by atoms with E-state index in [1.165, 1.54) is 0 Å². The van der Waals surface area contributed by atoms with Gasteiger partial charge in [0.25, 0.3) is 11.8 Å². The first-order chi connectivity index (χ1) is 13.4. The van der Waals surface area contributed by atoms with Crippen molar-refractivity contribution in [2.24, 2.45) is 0 Å². The number of nitrogens with zero attached hydrogens (tertiary/aromatic N) is 3. The minimum Gasteiger partial charge on any atom is -0.349 e. The topological polar surface area (TPSA) is 88.9 Å². The highest BCUT2D eigenvalue weighted by Crippen LogP contribution is 2.23. The zero-order valence-electron chi connectivity index (χ0n) is 16.2. The average Bonchev–Trinajstić information content (AvgIpc) is 3.37. The van der Waals surface area contributed by atoms with Crippen LogP contribution in [-0.4, -0.2) is 32.6 Å². The van der Waals surface area contributed by atoms with Crippen LogP contribution in [-0.2, 0) is 0 Å². The molecule has 2 amide bonds. The van der Waals surface area contributed by atoms with E-state index in [9.17, 15) is 9.59 Å². The zero-order chi connectivity index (χ0) is 19.8. The quantitative estimate of drug-likeness (QED) is 0.713. The molecule has 7 nitrogen and oxygen atoms in total. The first-order valence-electron chi connectivity index (χ1n) is 9.50. The Morgan fingerprint density at radius 3 is 2.61 bits per heavy atom. The number of aryl methyl sites for hydroxylation is 1. The second-order valence-electron chi connectivity index (χ2n) is 7.46. The van der Waals surface area contributed by atoms with Crippen LogP contribution in [0.1, 0.15) is 59.1 Å². The van der Waals surface area contributed by atoms with Crippen LogP contribution in [0.25, 0.3) is 11.0 Å². The first kappa shape index (κ1) is 18.2. The third-order valence-corrected chi connectivity index (χ3v) is 4.83. The highest BCUT2D eigenvalue weighted by Gasteiger charge is 2.25. The van der Waals surface area contributed by atoms with Gasteiger partial charge in [-0.15, -0.1) is 0 Å². The van der Waals surface area contributed by atoms with Crippen molar-refractivity contribution >= 4 is 28.5 Å². The first-order valence-corrected chi connectivity index (χ1v) is 9.50. The fourth-order valence-corrected chi connectivity index (χ4v) is 3.14. The summed E-state index contributed by atoms with van der Waals surface area (Å²) in [6, 6.07) is 9.27. The second kappa shape index (κ2) is 7.07. The van der Waals surface area contributed by atoms with Crippen LogP contribution in [0.3, 0.4) is 0 Å². The van der Waals surface area contributed by atoms with Crippen molar-refractivity contribution in [3.8, 4) is 0 Å². The molecular weight excluding hydrogens is 354 g/mol. The van der Waals surface area contributed by atoms with Gasteiger partial charge in [0, 0.05) is 17.5 Å². The zero-order valence-corrected chi connectivity index (χ0v) is 16.2. The van der Waals surface area contributed by atoms with Crippen LogP contribution in [0.2, 0.25) is 0 Å². The molecule has 1 aliphatic carbocycles. The molecule has 4 rings (SSSR count). The molecule has 1 saturated carbocycles. The van der Waals surface area contributed by atoms with E-state index in [0.29, 0.717) is 22.5 Å². The van der Waals surface area contributed by atoms with Crippen molar-refractivity contribution in [1.82, 2.24) is 20.1 Å². The summed E-state index contributed by atoms with van der Waals surface area (Å²) >= 11 is 0. The third kappa shape index (κ3) is 3.47. The Kier molecular flexibility index (Phi) is 4.58. The summed E-state index contributed by atoms with van der Waals surface area (Å²) in [5, 5.41) is 11.0. The normalized spacial score (nSPS) is 13.7. The molecule has 1 aromatic carbocycles. The number of anilines is 1. The number of carbonyl (C=O) groups is 2. The lowest BCUT2D eigenvalue weighted by Crippen LogP contribution is -2.27. The second-order valence-corrected chi connectivity index (χ2v) is 7.46. The van der Waals surface area contributed by atoms with E-state index in [4.69, 9.17) is 0 Å². The largest absolute Gasteiger partial charge is 0.349 e. The molecule has 0 radical (unpaired) electrons. The smallest absolute Gasteiger partial charge is 0.257 e. The number of hydrogen-bond donors (Lipinski definition) is 2. The number of fused-ring (bicyclic) bond motifs is 1. The maximum Gasteiger partial charge on any atom is 0.257 e. The molecule has 0 atom stereocenters. The van der Waals surface area contributed by atoms with Gasteiger partial charge in [-0.05, 0) is 51.8 Å². The molecule has 144 valence electrons. The van der Waals surface area contributed by atoms with Gasteiger partial charge in [-0.2, -0.15) is 5.10 Å². The molecule has 3 aromatic rings. The maximum absolute atomic E-state index is 12.9. The Hall–Kier alpha value is -3.22. The molecule has 0 bridgehead atoms. The number of pyridine rings is 1. The molecule has 0 spiro atoms. The van der Waals surface area contributed by atoms with Crippen molar-refractivity contribution in [3.05, 3.63) is 53.3 Å².